The summed E-state index contributed by atoms with van der Waals surface area (Å²) in [7, 11) is 0. The monoisotopic (exact) mass is 409 g/mol. The number of carbonyl (C=O) groups excluding carboxylic acids is 3. The second-order valence-electron chi connectivity index (χ2n) is 9.04. The van der Waals surface area contributed by atoms with Crippen LogP contribution in [0.15, 0.2) is 17.7 Å². The highest BCUT2D eigenvalue weighted by molar-refractivity contribution is 6.06. The van der Waals surface area contributed by atoms with Crippen molar-refractivity contribution in [2.75, 3.05) is 5.32 Å². The summed E-state index contributed by atoms with van der Waals surface area (Å²) in [5, 5.41) is 3.06. The lowest BCUT2D eigenvalue weighted by Gasteiger charge is -2.36. The predicted molar refractivity (Wildman–Crippen MR) is 121 cm³/mol. The summed E-state index contributed by atoms with van der Waals surface area (Å²) in [6.45, 7) is 8.15. The zero-order valence-corrected chi connectivity index (χ0v) is 19.0. The molecule has 0 radical (unpaired) electrons. The molecule has 30 heavy (non-hydrogen) atoms. The van der Waals surface area contributed by atoms with E-state index in [-0.39, 0.29) is 22.9 Å². The summed E-state index contributed by atoms with van der Waals surface area (Å²) in [6.07, 6.45) is 7.92. The quantitative estimate of drug-likeness (QED) is 0.548. The van der Waals surface area contributed by atoms with Crippen molar-refractivity contribution in [3.63, 3.8) is 0 Å². The van der Waals surface area contributed by atoms with Crippen LogP contribution in [0.25, 0.3) is 5.57 Å². The summed E-state index contributed by atoms with van der Waals surface area (Å²) in [5.74, 6) is 0.444. The molecule has 2 aliphatic carbocycles. The van der Waals surface area contributed by atoms with Gasteiger partial charge in [0.2, 0.25) is 5.91 Å². The maximum absolute atomic E-state index is 12.5. The minimum absolute atomic E-state index is 0.0383. The minimum Gasteiger partial charge on any atom is -0.326 e. The lowest BCUT2D eigenvalue weighted by molar-refractivity contribution is -0.119. The van der Waals surface area contributed by atoms with E-state index in [2.05, 4.69) is 25.2 Å². The highest BCUT2D eigenvalue weighted by atomic mass is 16.1. The molecule has 0 fully saturated rings. The Balaban J connectivity index is 1.84. The summed E-state index contributed by atoms with van der Waals surface area (Å²) in [5.41, 5.74) is 6.74. The van der Waals surface area contributed by atoms with Crippen molar-refractivity contribution in [3.8, 4) is 0 Å². The maximum atomic E-state index is 12.5. The molecule has 162 valence electrons. The van der Waals surface area contributed by atoms with Gasteiger partial charge in [-0.25, -0.2) is 0 Å². The Labute approximate surface area is 180 Å². The number of Topliss-reactive ketones (excluding diaryl/α,β-unsaturated/α-hetero) is 2. The fraction of sp³-hybridized carbons (Fsp3) is 0.577. The van der Waals surface area contributed by atoms with E-state index in [4.69, 9.17) is 0 Å². The average Bonchev–Trinajstić information content (AvgIpc) is 3.07. The van der Waals surface area contributed by atoms with E-state index in [1.54, 1.807) is 0 Å². The molecule has 3 rings (SSSR count). The number of hydrogen-bond acceptors (Lipinski definition) is 3. The van der Waals surface area contributed by atoms with Crippen LogP contribution >= 0.6 is 0 Å². The van der Waals surface area contributed by atoms with Gasteiger partial charge in [-0.05, 0) is 73.4 Å². The third-order valence-electron chi connectivity index (χ3n) is 7.07. The van der Waals surface area contributed by atoms with E-state index in [1.807, 2.05) is 19.9 Å². The lowest BCUT2D eigenvalue weighted by Crippen LogP contribution is -2.28. The van der Waals surface area contributed by atoms with Gasteiger partial charge < -0.3 is 5.32 Å². The van der Waals surface area contributed by atoms with E-state index < -0.39 is 0 Å². The lowest BCUT2D eigenvalue weighted by atomic mass is 9.67. The van der Waals surface area contributed by atoms with Crippen molar-refractivity contribution in [3.05, 3.63) is 34.4 Å². The summed E-state index contributed by atoms with van der Waals surface area (Å²) < 4.78 is 0. The third-order valence-corrected chi connectivity index (χ3v) is 7.07. The normalized spacial score (nSPS) is 20.2. The van der Waals surface area contributed by atoms with Gasteiger partial charge in [-0.15, -0.1) is 0 Å². The van der Waals surface area contributed by atoms with Crippen LogP contribution in [0.1, 0.15) is 95.2 Å². The van der Waals surface area contributed by atoms with E-state index in [0.717, 1.165) is 48.9 Å². The molecule has 1 aromatic rings. The second-order valence-corrected chi connectivity index (χ2v) is 9.04. The zero-order chi connectivity index (χ0) is 21.9. The number of carbonyl (C=O) groups is 3. The molecule has 1 N–H and O–H groups in total. The van der Waals surface area contributed by atoms with Crippen LogP contribution < -0.4 is 5.32 Å². The van der Waals surface area contributed by atoms with Crippen molar-refractivity contribution in [2.45, 2.75) is 91.9 Å². The van der Waals surface area contributed by atoms with Crippen molar-refractivity contribution >= 4 is 28.7 Å². The van der Waals surface area contributed by atoms with Gasteiger partial charge in [0.25, 0.3) is 0 Å². The molecule has 4 nitrogen and oxygen atoms in total. The van der Waals surface area contributed by atoms with Crippen LogP contribution in [0.3, 0.4) is 0 Å². The Bertz CT molecular complexity index is 896. The number of hydrogen-bond donors (Lipinski definition) is 1. The molecule has 0 spiro atoms. The Morgan fingerprint density at radius 3 is 2.57 bits per heavy atom. The average molecular weight is 410 g/mol. The first-order chi connectivity index (χ1) is 14.3. The van der Waals surface area contributed by atoms with Gasteiger partial charge in [0.05, 0.1) is 0 Å². The highest BCUT2D eigenvalue weighted by Gasteiger charge is 2.46. The number of benzene rings is 1. The van der Waals surface area contributed by atoms with Crippen molar-refractivity contribution in [1.82, 2.24) is 0 Å². The van der Waals surface area contributed by atoms with Crippen molar-refractivity contribution < 1.29 is 14.4 Å². The molecule has 1 atom stereocenters. The summed E-state index contributed by atoms with van der Waals surface area (Å²) in [6, 6.07) is 4.09. The first-order valence-corrected chi connectivity index (χ1v) is 11.5. The second kappa shape index (κ2) is 9.28. The number of nitrogens with one attached hydrogen (secondary N) is 1. The Hall–Kier alpha value is -2.23. The number of allylic oxidation sites excluding steroid dienone is 2. The van der Waals surface area contributed by atoms with Gasteiger partial charge >= 0.3 is 0 Å². The molecule has 0 bridgehead atoms. The largest absolute Gasteiger partial charge is 0.326 e. The zero-order valence-electron chi connectivity index (χ0n) is 19.0. The molecule has 1 amide bonds. The first-order valence-electron chi connectivity index (χ1n) is 11.5. The molecular weight excluding hydrogens is 374 g/mol. The van der Waals surface area contributed by atoms with E-state index in [9.17, 15) is 14.4 Å². The van der Waals surface area contributed by atoms with Crippen molar-refractivity contribution in [2.24, 2.45) is 5.41 Å². The SMILES string of the molecule is CCCCC12CCC(=O)C(C)=C1c1ccc(NC(=O)CCCC(=O)CC)c(C)c1C2. The van der Waals surface area contributed by atoms with Crippen LogP contribution in [-0.4, -0.2) is 17.5 Å². The Morgan fingerprint density at radius 1 is 1.10 bits per heavy atom. The standard InChI is InChI=1S/C26H35NO3/c1-5-7-14-26-15-13-23(29)18(4)25(26)20-11-12-22(17(3)21(20)16-26)27-24(30)10-8-9-19(28)6-2/h11-12H,5-10,13-16H2,1-4H3,(H,27,30). The van der Waals surface area contributed by atoms with Gasteiger partial charge in [-0.3, -0.25) is 14.4 Å². The van der Waals surface area contributed by atoms with Crippen LogP contribution in [0.4, 0.5) is 5.69 Å². The predicted octanol–water partition coefficient (Wildman–Crippen LogP) is 5.95. The van der Waals surface area contributed by atoms with Gasteiger partial charge in [-0.1, -0.05) is 32.8 Å². The fourth-order valence-corrected chi connectivity index (χ4v) is 5.25. The van der Waals surface area contributed by atoms with E-state index in [1.165, 1.54) is 16.7 Å². The van der Waals surface area contributed by atoms with Crippen LogP contribution in [0, 0.1) is 12.3 Å². The van der Waals surface area contributed by atoms with Crippen molar-refractivity contribution in [1.29, 1.82) is 0 Å². The third kappa shape index (κ3) is 4.28. The van der Waals surface area contributed by atoms with Gasteiger partial charge in [-0.2, -0.15) is 0 Å². The van der Waals surface area contributed by atoms with Gasteiger partial charge in [0.1, 0.15) is 5.78 Å². The molecule has 0 aliphatic heterocycles. The molecule has 0 heterocycles. The highest BCUT2D eigenvalue weighted by Crippen LogP contribution is 2.57. The Kier molecular flexibility index (Phi) is 6.95. The molecule has 4 heteroatoms. The summed E-state index contributed by atoms with van der Waals surface area (Å²) >= 11 is 0. The van der Waals surface area contributed by atoms with Crippen LogP contribution in [0.5, 0.6) is 0 Å². The molecule has 0 aromatic heterocycles. The topological polar surface area (TPSA) is 63.2 Å². The molecule has 0 saturated heterocycles. The number of rotatable bonds is 9. The Morgan fingerprint density at radius 2 is 1.87 bits per heavy atom. The molecule has 1 unspecified atom stereocenters. The minimum atomic E-state index is -0.0383. The maximum Gasteiger partial charge on any atom is 0.224 e. The molecule has 2 aliphatic rings. The fourth-order valence-electron chi connectivity index (χ4n) is 5.25. The van der Waals surface area contributed by atoms with Gasteiger partial charge in [0.15, 0.2) is 5.78 Å². The van der Waals surface area contributed by atoms with E-state index >= 15 is 0 Å². The van der Waals surface area contributed by atoms with Crippen LogP contribution in [-0.2, 0) is 20.8 Å². The number of fused-ring (bicyclic) bond motifs is 3. The molecule has 1 aromatic carbocycles. The first kappa shape index (κ1) is 22.5. The molecular formula is C26H35NO3. The number of amides is 1. The van der Waals surface area contributed by atoms with Crippen LogP contribution in [0.2, 0.25) is 0 Å². The number of ketones is 2. The summed E-state index contributed by atoms with van der Waals surface area (Å²) in [4.78, 5) is 36.4. The number of unbranched alkanes of at least 4 members (excludes halogenated alkanes) is 1. The van der Waals surface area contributed by atoms with E-state index in [0.29, 0.717) is 32.1 Å². The molecule has 0 saturated carbocycles. The smallest absolute Gasteiger partial charge is 0.224 e. The number of anilines is 1. The van der Waals surface area contributed by atoms with Gasteiger partial charge in [0, 0.05) is 36.8 Å².